The van der Waals surface area contributed by atoms with Crippen LogP contribution in [0, 0.1) is 11.3 Å². The highest BCUT2D eigenvalue weighted by Crippen LogP contribution is 2.25. The Labute approximate surface area is 118 Å². The fraction of sp³-hybridized carbons (Fsp3) is 0.188. The highest BCUT2D eigenvalue weighted by Gasteiger charge is 2.01. The molecule has 0 aliphatic heterocycles. The zero-order valence-corrected chi connectivity index (χ0v) is 11.3. The number of nitrogens with one attached hydrogen (secondary N) is 1. The fourth-order valence-electron chi connectivity index (χ4n) is 1.79. The van der Waals surface area contributed by atoms with Gasteiger partial charge in [-0.25, -0.2) is 0 Å². The number of benzene rings is 2. The topological polar surface area (TPSA) is 54.3 Å². The quantitative estimate of drug-likeness (QED) is 0.818. The van der Waals surface area contributed by atoms with Crippen molar-refractivity contribution in [1.29, 1.82) is 5.26 Å². The van der Waals surface area contributed by atoms with Crippen molar-refractivity contribution in [1.82, 2.24) is 0 Å². The molecule has 4 heteroatoms. The van der Waals surface area contributed by atoms with Crippen LogP contribution in [0.4, 0.5) is 5.69 Å². The van der Waals surface area contributed by atoms with Crippen LogP contribution in [0.25, 0.3) is 0 Å². The Morgan fingerprint density at radius 2 is 1.90 bits per heavy atom. The van der Waals surface area contributed by atoms with Crippen molar-refractivity contribution in [3.05, 3.63) is 54.1 Å². The standard InChI is InChI=1S/C16H16N2O2/c1-19-15-7-2-3-8-16(15)20-10-9-18-14-6-4-5-13(11-14)12-17/h2-8,11,18H,9-10H2,1H3. The maximum Gasteiger partial charge on any atom is 0.161 e. The molecule has 102 valence electrons. The lowest BCUT2D eigenvalue weighted by molar-refractivity contribution is 0.306. The van der Waals surface area contributed by atoms with Gasteiger partial charge in [0.25, 0.3) is 0 Å². The molecule has 0 saturated heterocycles. The van der Waals surface area contributed by atoms with Crippen LogP contribution in [0.1, 0.15) is 5.56 Å². The number of rotatable bonds is 6. The van der Waals surface area contributed by atoms with Crippen molar-refractivity contribution >= 4 is 5.69 Å². The Morgan fingerprint density at radius 1 is 1.10 bits per heavy atom. The lowest BCUT2D eigenvalue weighted by Crippen LogP contribution is -2.11. The number of hydrogen-bond acceptors (Lipinski definition) is 4. The van der Waals surface area contributed by atoms with E-state index < -0.39 is 0 Å². The summed E-state index contributed by atoms with van der Waals surface area (Å²) in [7, 11) is 1.62. The zero-order valence-electron chi connectivity index (χ0n) is 11.3. The second kappa shape index (κ2) is 7.05. The molecule has 0 spiro atoms. The van der Waals surface area contributed by atoms with Crippen LogP contribution >= 0.6 is 0 Å². The number of nitriles is 1. The molecule has 0 aliphatic rings. The molecular weight excluding hydrogens is 252 g/mol. The van der Waals surface area contributed by atoms with Crippen molar-refractivity contribution in [3.8, 4) is 17.6 Å². The van der Waals surface area contributed by atoms with E-state index in [0.29, 0.717) is 18.7 Å². The van der Waals surface area contributed by atoms with E-state index in [1.165, 1.54) is 0 Å². The van der Waals surface area contributed by atoms with Crippen molar-refractivity contribution in [3.63, 3.8) is 0 Å². The highest BCUT2D eigenvalue weighted by molar-refractivity contribution is 5.49. The Kier molecular flexibility index (Phi) is 4.85. The minimum atomic E-state index is 0.511. The summed E-state index contributed by atoms with van der Waals surface area (Å²) < 4.78 is 10.9. The van der Waals surface area contributed by atoms with E-state index in [2.05, 4.69) is 11.4 Å². The lowest BCUT2D eigenvalue weighted by atomic mass is 10.2. The van der Waals surface area contributed by atoms with Crippen LogP contribution in [0.3, 0.4) is 0 Å². The minimum absolute atomic E-state index is 0.511. The Morgan fingerprint density at radius 3 is 2.65 bits per heavy atom. The lowest BCUT2D eigenvalue weighted by Gasteiger charge is -2.11. The molecule has 2 aromatic rings. The first-order valence-electron chi connectivity index (χ1n) is 6.33. The fourth-order valence-corrected chi connectivity index (χ4v) is 1.79. The third-order valence-corrected chi connectivity index (χ3v) is 2.75. The third-order valence-electron chi connectivity index (χ3n) is 2.75. The van der Waals surface area contributed by atoms with E-state index in [1.807, 2.05) is 42.5 Å². The van der Waals surface area contributed by atoms with Gasteiger partial charge in [0.1, 0.15) is 6.61 Å². The molecule has 0 saturated carbocycles. The molecule has 1 N–H and O–H groups in total. The van der Waals surface area contributed by atoms with Gasteiger partial charge in [0.15, 0.2) is 11.5 Å². The summed E-state index contributed by atoms with van der Waals surface area (Å²) in [5.74, 6) is 1.45. The first-order valence-corrected chi connectivity index (χ1v) is 6.33. The summed E-state index contributed by atoms with van der Waals surface area (Å²) in [6, 6.07) is 17.0. The van der Waals surface area contributed by atoms with Gasteiger partial charge in [0, 0.05) is 12.2 Å². The van der Waals surface area contributed by atoms with E-state index in [0.717, 1.165) is 17.2 Å². The zero-order chi connectivity index (χ0) is 14.2. The summed E-state index contributed by atoms with van der Waals surface area (Å²) in [4.78, 5) is 0. The molecule has 20 heavy (non-hydrogen) atoms. The Balaban J connectivity index is 1.83. The summed E-state index contributed by atoms with van der Waals surface area (Å²) in [5, 5.41) is 12.0. The van der Waals surface area contributed by atoms with Gasteiger partial charge in [-0.2, -0.15) is 5.26 Å². The van der Waals surface area contributed by atoms with Gasteiger partial charge in [-0.05, 0) is 30.3 Å². The average Bonchev–Trinajstić information content (AvgIpc) is 2.52. The Hall–Kier alpha value is -2.67. The molecule has 0 heterocycles. The third kappa shape index (κ3) is 3.66. The number of nitrogens with zero attached hydrogens (tertiary/aromatic N) is 1. The molecule has 0 unspecified atom stereocenters. The molecule has 0 amide bonds. The molecule has 0 fully saturated rings. The molecule has 2 aromatic carbocycles. The number of ether oxygens (including phenoxy) is 2. The van der Waals surface area contributed by atoms with Gasteiger partial charge in [-0.3, -0.25) is 0 Å². The van der Waals surface area contributed by atoms with Gasteiger partial charge >= 0.3 is 0 Å². The van der Waals surface area contributed by atoms with E-state index in [-0.39, 0.29) is 0 Å². The molecule has 2 rings (SSSR count). The molecule has 0 bridgehead atoms. The van der Waals surface area contributed by atoms with Gasteiger partial charge in [-0.15, -0.1) is 0 Å². The minimum Gasteiger partial charge on any atom is -0.493 e. The van der Waals surface area contributed by atoms with Crippen LogP contribution in [-0.4, -0.2) is 20.3 Å². The summed E-state index contributed by atoms with van der Waals surface area (Å²) in [5.41, 5.74) is 1.55. The van der Waals surface area contributed by atoms with Crippen LogP contribution in [0.5, 0.6) is 11.5 Å². The molecule has 0 radical (unpaired) electrons. The second-order valence-corrected chi connectivity index (χ2v) is 4.12. The largest absolute Gasteiger partial charge is 0.493 e. The van der Waals surface area contributed by atoms with Crippen LogP contribution in [-0.2, 0) is 0 Å². The molecule has 0 atom stereocenters. The van der Waals surface area contributed by atoms with E-state index in [4.69, 9.17) is 14.7 Å². The number of methoxy groups -OCH3 is 1. The number of hydrogen-bond donors (Lipinski definition) is 1. The molecule has 0 aromatic heterocycles. The van der Waals surface area contributed by atoms with Crippen LogP contribution < -0.4 is 14.8 Å². The first kappa shape index (κ1) is 13.8. The highest BCUT2D eigenvalue weighted by atomic mass is 16.5. The summed E-state index contributed by atoms with van der Waals surface area (Å²) >= 11 is 0. The maximum absolute atomic E-state index is 8.82. The van der Waals surface area contributed by atoms with Gasteiger partial charge < -0.3 is 14.8 Å². The Bertz CT molecular complexity index is 605. The predicted molar refractivity (Wildman–Crippen MR) is 78.1 cm³/mol. The van der Waals surface area contributed by atoms with Crippen molar-refractivity contribution in [2.24, 2.45) is 0 Å². The summed E-state index contributed by atoms with van der Waals surface area (Å²) in [6.45, 7) is 1.16. The second-order valence-electron chi connectivity index (χ2n) is 4.12. The SMILES string of the molecule is COc1ccccc1OCCNc1cccc(C#N)c1. The number of anilines is 1. The van der Waals surface area contributed by atoms with Crippen molar-refractivity contribution < 1.29 is 9.47 Å². The van der Waals surface area contributed by atoms with E-state index in [9.17, 15) is 0 Å². The average molecular weight is 268 g/mol. The monoisotopic (exact) mass is 268 g/mol. The number of para-hydroxylation sites is 2. The first-order chi connectivity index (χ1) is 9.83. The molecular formula is C16H16N2O2. The predicted octanol–water partition coefficient (Wildman–Crippen LogP) is 3.06. The van der Waals surface area contributed by atoms with Gasteiger partial charge in [0.05, 0.1) is 18.7 Å². The van der Waals surface area contributed by atoms with Gasteiger partial charge in [-0.1, -0.05) is 18.2 Å². The smallest absolute Gasteiger partial charge is 0.161 e. The normalized spacial score (nSPS) is 9.60. The molecule has 4 nitrogen and oxygen atoms in total. The van der Waals surface area contributed by atoms with Gasteiger partial charge in [0.2, 0.25) is 0 Å². The van der Waals surface area contributed by atoms with E-state index in [1.54, 1.807) is 13.2 Å². The van der Waals surface area contributed by atoms with E-state index >= 15 is 0 Å². The summed E-state index contributed by atoms with van der Waals surface area (Å²) in [6.07, 6.45) is 0. The molecule has 0 aliphatic carbocycles. The van der Waals surface area contributed by atoms with Crippen LogP contribution in [0.15, 0.2) is 48.5 Å². The van der Waals surface area contributed by atoms with Crippen molar-refractivity contribution in [2.45, 2.75) is 0 Å². The van der Waals surface area contributed by atoms with Crippen molar-refractivity contribution in [2.75, 3.05) is 25.6 Å². The maximum atomic E-state index is 8.82. The van der Waals surface area contributed by atoms with Crippen LogP contribution in [0.2, 0.25) is 0 Å².